The summed E-state index contributed by atoms with van der Waals surface area (Å²) in [5.41, 5.74) is 0. The number of amides is 2. The van der Waals surface area contributed by atoms with Gasteiger partial charge in [-0.15, -0.1) is 0 Å². The van der Waals surface area contributed by atoms with Crippen LogP contribution < -0.4 is 10.6 Å². The molecule has 0 aromatic heterocycles. The molecule has 21 heavy (non-hydrogen) atoms. The molecule has 1 aliphatic rings. The predicted molar refractivity (Wildman–Crippen MR) is 92.4 cm³/mol. The highest BCUT2D eigenvalue weighted by molar-refractivity contribution is 8.77. The summed E-state index contributed by atoms with van der Waals surface area (Å²) in [5, 5.41) is 6.49. The third kappa shape index (κ3) is 8.61. The fraction of sp³-hybridized carbons (Fsp3) is 0.867. The SMILES string of the molecule is CCC(C)C(=O)NCCNC(=O)CCCCC1CCSS1. The van der Waals surface area contributed by atoms with Crippen molar-refractivity contribution in [3.8, 4) is 0 Å². The van der Waals surface area contributed by atoms with E-state index in [4.69, 9.17) is 0 Å². The van der Waals surface area contributed by atoms with Gasteiger partial charge < -0.3 is 10.6 Å². The summed E-state index contributed by atoms with van der Waals surface area (Å²) in [6, 6.07) is 0. The summed E-state index contributed by atoms with van der Waals surface area (Å²) in [4.78, 5) is 23.2. The molecule has 1 heterocycles. The summed E-state index contributed by atoms with van der Waals surface area (Å²) in [5.74, 6) is 1.49. The van der Waals surface area contributed by atoms with Crippen molar-refractivity contribution < 1.29 is 9.59 Å². The molecule has 0 spiro atoms. The van der Waals surface area contributed by atoms with Gasteiger partial charge in [-0.1, -0.05) is 41.9 Å². The Morgan fingerprint density at radius 1 is 1.24 bits per heavy atom. The van der Waals surface area contributed by atoms with Crippen LogP contribution in [0.4, 0.5) is 0 Å². The van der Waals surface area contributed by atoms with Crippen molar-refractivity contribution in [3.05, 3.63) is 0 Å². The van der Waals surface area contributed by atoms with Crippen LogP contribution in [0.3, 0.4) is 0 Å². The average Bonchev–Trinajstić information content (AvgIpc) is 3.00. The van der Waals surface area contributed by atoms with E-state index in [1.165, 1.54) is 18.6 Å². The molecule has 6 heteroatoms. The van der Waals surface area contributed by atoms with Gasteiger partial charge in [-0.3, -0.25) is 9.59 Å². The van der Waals surface area contributed by atoms with E-state index < -0.39 is 0 Å². The van der Waals surface area contributed by atoms with Crippen LogP contribution in [0.25, 0.3) is 0 Å². The quantitative estimate of drug-likeness (QED) is 0.477. The Hall–Kier alpha value is -0.360. The molecular weight excluding hydrogens is 304 g/mol. The smallest absolute Gasteiger partial charge is 0.222 e. The lowest BCUT2D eigenvalue weighted by Gasteiger charge is -2.10. The predicted octanol–water partition coefficient (Wildman–Crippen LogP) is 2.98. The standard InChI is InChI=1S/C15H28N2O2S2/c1-3-12(2)15(19)17-10-9-16-14(18)7-5-4-6-13-8-11-20-21-13/h12-13H,3-11H2,1-2H3,(H,16,18)(H,17,19). The van der Waals surface area contributed by atoms with Gasteiger partial charge in [0.2, 0.25) is 11.8 Å². The van der Waals surface area contributed by atoms with Gasteiger partial charge in [-0.05, 0) is 25.7 Å². The van der Waals surface area contributed by atoms with Crippen LogP contribution in [0.1, 0.15) is 52.4 Å². The van der Waals surface area contributed by atoms with Crippen LogP contribution in [0.2, 0.25) is 0 Å². The maximum absolute atomic E-state index is 11.6. The Labute approximate surface area is 136 Å². The lowest BCUT2D eigenvalue weighted by molar-refractivity contribution is -0.125. The zero-order valence-corrected chi connectivity index (χ0v) is 14.8. The Morgan fingerprint density at radius 2 is 2.00 bits per heavy atom. The number of carbonyl (C=O) groups is 2. The van der Waals surface area contributed by atoms with Crippen LogP contribution in [0, 0.1) is 5.92 Å². The summed E-state index contributed by atoms with van der Waals surface area (Å²) in [7, 11) is 3.97. The first kappa shape index (κ1) is 18.7. The zero-order chi connectivity index (χ0) is 15.5. The van der Waals surface area contributed by atoms with Crippen LogP contribution in [0.5, 0.6) is 0 Å². The second-order valence-corrected chi connectivity index (χ2v) is 8.31. The molecule has 2 unspecified atom stereocenters. The van der Waals surface area contributed by atoms with Crippen molar-refractivity contribution in [3.63, 3.8) is 0 Å². The van der Waals surface area contributed by atoms with E-state index >= 15 is 0 Å². The number of nitrogens with one attached hydrogen (secondary N) is 2. The number of unbranched alkanes of at least 4 members (excludes halogenated alkanes) is 1. The highest BCUT2D eigenvalue weighted by atomic mass is 33.1. The Morgan fingerprint density at radius 3 is 2.67 bits per heavy atom. The van der Waals surface area contributed by atoms with Crippen LogP contribution in [0.15, 0.2) is 0 Å². The molecule has 1 fully saturated rings. The van der Waals surface area contributed by atoms with E-state index in [0.717, 1.165) is 24.5 Å². The summed E-state index contributed by atoms with van der Waals surface area (Å²) < 4.78 is 0. The molecule has 0 aromatic rings. The number of hydrogen-bond acceptors (Lipinski definition) is 4. The Kier molecular flexibility index (Phi) is 10.0. The lowest BCUT2D eigenvalue weighted by atomic mass is 10.1. The van der Waals surface area contributed by atoms with E-state index in [0.29, 0.717) is 19.5 Å². The average molecular weight is 333 g/mol. The Balaban J connectivity index is 1.92. The molecule has 0 bridgehead atoms. The molecule has 0 saturated carbocycles. The third-order valence-corrected chi connectivity index (χ3v) is 6.72. The molecule has 2 amide bonds. The van der Waals surface area contributed by atoms with Gasteiger partial charge in [0.1, 0.15) is 0 Å². The van der Waals surface area contributed by atoms with Crippen molar-refractivity contribution in [2.75, 3.05) is 18.8 Å². The molecule has 1 aliphatic heterocycles. The summed E-state index contributed by atoms with van der Waals surface area (Å²) in [6.45, 7) is 4.95. The molecular formula is C15H28N2O2S2. The van der Waals surface area contributed by atoms with E-state index in [9.17, 15) is 9.59 Å². The maximum Gasteiger partial charge on any atom is 0.222 e. The van der Waals surface area contributed by atoms with Crippen LogP contribution >= 0.6 is 21.6 Å². The van der Waals surface area contributed by atoms with Crippen molar-refractivity contribution >= 4 is 33.4 Å². The molecule has 2 N–H and O–H groups in total. The van der Waals surface area contributed by atoms with E-state index in [2.05, 4.69) is 10.6 Å². The second-order valence-electron chi connectivity index (χ2n) is 5.52. The first-order chi connectivity index (χ1) is 10.1. The van der Waals surface area contributed by atoms with E-state index in [-0.39, 0.29) is 17.7 Å². The fourth-order valence-electron chi connectivity index (χ4n) is 2.06. The van der Waals surface area contributed by atoms with Gasteiger partial charge in [0.15, 0.2) is 0 Å². The molecule has 0 radical (unpaired) electrons. The van der Waals surface area contributed by atoms with Crippen molar-refractivity contribution in [2.24, 2.45) is 5.92 Å². The molecule has 122 valence electrons. The van der Waals surface area contributed by atoms with Gasteiger partial charge in [0, 0.05) is 36.4 Å². The van der Waals surface area contributed by atoms with Crippen molar-refractivity contribution in [1.82, 2.24) is 10.6 Å². The third-order valence-electron chi connectivity index (χ3n) is 3.71. The molecule has 1 saturated heterocycles. The first-order valence-electron chi connectivity index (χ1n) is 7.96. The number of rotatable bonds is 10. The van der Waals surface area contributed by atoms with E-state index in [1.807, 2.05) is 35.4 Å². The van der Waals surface area contributed by atoms with Crippen LogP contribution in [-0.2, 0) is 9.59 Å². The number of carbonyl (C=O) groups excluding carboxylic acids is 2. The minimum atomic E-state index is 0.0484. The largest absolute Gasteiger partial charge is 0.354 e. The molecule has 0 aliphatic carbocycles. The van der Waals surface area contributed by atoms with Gasteiger partial charge in [-0.25, -0.2) is 0 Å². The highest BCUT2D eigenvalue weighted by Crippen LogP contribution is 2.39. The molecule has 1 rings (SSSR count). The normalized spacial score (nSPS) is 19.2. The van der Waals surface area contributed by atoms with Gasteiger partial charge in [0.05, 0.1) is 0 Å². The molecule has 4 nitrogen and oxygen atoms in total. The number of hydrogen-bond donors (Lipinski definition) is 2. The zero-order valence-electron chi connectivity index (χ0n) is 13.2. The summed E-state index contributed by atoms with van der Waals surface area (Å²) >= 11 is 0. The topological polar surface area (TPSA) is 58.2 Å². The molecule has 2 atom stereocenters. The summed E-state index contributed by atoms with van der Waals surface area (Å²) in [6.07, 6.45) is 6.09. The van der Waals surface area contributed by atoms with Crippen molar-refractivity contribution in [1.29, 1.82) is 0 Å². The van der Waals surface area contributed by atoms with Crippen LogP contribution in [-0.4, -0.2) is 35.9 Å². The van der Waals surface area contributed by atoms with Gasteiger partial charge in [0.25, 0.3) is 0 Å². The van der Waals surface area contributed by atoms with Crippen molar-refractivity contribution in [2.45, 2.75) is 57.6 Å². The maximum atomic E-state index is 11.6. The lowest BCUT2D eigenvalue weighted by Crippen LogP contribution is -2.36. The second kappa shape index (κ2) is 11.2. The monoisotopic (exact) mass is 332 g/mol. The van der Waals surface area contributed by atoms with E-state index in [1.54, 1.807) is 0 Å². The van der Waals surface area contributed by atoms with Gasteiger partial charge >= 0.3 is 0 Å². The van der Waals surface area contributed by atoms with Gasteiger partial charge in [-0.2, -0.15) is 0 Å². The minimum absolute atomic E-state index is 0.0484. The highest BCUT2D eigenvalue weighted by Gasteiger charge is 2.15. The Bertz CT molecular complexity index is 321. The first-order valence-corrected chi connectivity index (χ1v) is 10.3. The minimum Gasteiger partial charge on any atom is -0.354 e. The molecule has 0 aromatic carbocycles. The fourth-order valence-corrected chi connectivity index (χ4v) is 5.09.